The lowest BCUT2D eigenvalue weighted by molar-refractivity contribution is -0.139. The van der Waals surface area contributed by atoms with E-state index in [0.717, 1.165) is 17.5 Å². The number of amides is 1. The Bertz CT molecular complexity index is 710. The predicted octanol–water partition coefficient (Wildman–Crippen LogP) is 2.61. The standard InChI is InChI=1S/C20H23NO4/c1-2-16-5-3-4-6-17(16)13-19(22)21-12-11-15-7-9-18(10-8-15)25-14-20(23)24/h3-10H,2,11-14H2,1H3,(H,21,22)(H,23,24). The Morgan fingerprint density at radius 2 is 1.72 bits per heavy atom. The van der Waals surface area contributed by atoms with Gasteiger partial charge in [-0.3, -0.25) is 4.79 Å². The summed E-state index contributed by atoms with van der Waals surface area (Å²) in [6, 6.07) is 15.2. The van der Waals surface area contributed by atoms with Crippen molar-refractivity contribution in [1.82, 2.24) is 5.32 Å². The molecule has 132 valence electrons. The second kappa shape index (κ2) is 9.47. The summed E-state index contributed by atoms with van der Waals surface area (Å²) in [6.45, 7) is 2.29. The fourth-order valence-electron chi connectivity index (χ4n) is 2.55. The van der Waals surface area contributed by atoms with Crippen molar-refractivity contribution in [3.63, 3.8) is 0 Å². The minimum atomic E-state index is -1.00. The monoisotopic (exact) mass is 341 g/mol. The molecule has 0 saturated carbocycles. The molecule has 0 heterocycles. The molecule has 25 heavy (non-hydrogen) atoms. The number of carbonyl (C=O) groups excluding carboxylic acids is 1. The van der Waals surface area contributed by atoms with Gasteiger partial charge >= 0.3 is 5.97 Å². The first kappa shape index (κ1) is 18.5. The number of hydrogen-bond acceptors (Lipinski definition) is 3. The average molecular weight is 341 g/mol. The Kier molecular flexibility index (Phi) is 7.01. The maximum atomic E-state index is 12.1. The summed E-state index contributed by atoms with van der Waals surface area (Å²) in [5.41, 5.74) is 3.33. The molecule has 0 aliphatic carbocycles. The van der Waals surface area contributed by atoms with Crippen molar-refractivity contribution < 1.29 is 19.4 Å². The van der Waals surface area contributed by atoms with Crippen LogP contribution in [-0.4, -0.2) is 30.1 Å². The lowest BCUT2D eigenvalue weighted by Gasteiger charge is -2.09. The summed E-state index contributed by atoms with van der Waals surface area (Å²) in [5.74, 6) is -0.467. The third-order valence-corrected chi connectivity index (χ3v) is 3.87. The second-order valence-electron chi connectivity index (χ2n) is 5.73. The molecular formula is C20H23NO4. The SMILES string of the molecule is CCc1ccccc1CC(=O)NCCc1ccc(OCC(=O)O)cc1. The molecule has 0 fully saturated rings. The van der Waals surface area contributed by atoms with Crippen LogP contribution in [0, 0.1) is 0 Å². The largest absolute Gasteiger partial charge is 0.482 e. The zero-order chi connectivity index (χ0) is 18.1. The maximum absolute atomic E-state index is 12.1. The first-order valence-corrected chi connectivity index (χ1v) is 8.35. The van der Waals surface area contributed by atoms with Gasteiger partial charge in [0.1, 0.15) is 5.75 Å². The minimum Gasteiger partial charge on any atom is -0.482 e. The lowest BCUT2D eigenvalue weighted by Crippen LogP contribution is -2.27. The van der Waals surface area contributed by atoms with Crippen molar-refractivity contribution >= 4 is 11.9 Å². The van der Waals surface area contributed by atoms with Crippen LogP contribution >= 0.6 is 0 Å². The molecule has 0 bridgehead atoms. The van der Waals surface area contributed by atoms with E-state index < -0.39 is 5.97 Å². The lowest BCUT2D eigenvalue weighted by atomic mass is 10.0. The van der Waals surface area contributed by atoms with Gasteiger partial charge in [0.25, 0.3) is 0 Å². The molecule has 0 radical (unpaired) electrons. The molecule has 5 nitrogen and oxygen atoms in total. The molecule has 2 N–H and O–H groups in total. The Morgan fingerprint density at radius 1 is 1.04 bits per heavy atom. The number of benzene rings is 2. The van der Waals surface area contributed by atoms with Gasteiger partial charge in [-0.2, -0.15) is 0 Å². The van der Waals surface area contributed by atoms with E-state index in [0.29, 0.717) is 25.1 Å². The molecule has 0 atom stereocenters. The van der Waals surface area contributed by atoms with E-state index in [1.165, 1.54) is 5.56 Å². The summed E-state index contributed by atoms with van der Waals surface area (Å²) in [5, 5.41) is 11.5. The molecule has 5 heteroatoms. The number of aliphatic carboxylic acids is 1. The minimum absolute atomic E-state index is 0.0160. The molecule has 0 aromatic heterocycles. The quantitative estimate of drug-likeness (QED) is 0.735. The Labute approximate surface area is 147 Å². The Balaban J connectivity index is 1.76. The van der Waals surface area contributed by atoms with Crippen LogP contribution in [0.2, 0.25) is 0 Å². The number of ether oxygens (including phenoxy) is 1. The highest BCUT2D eigenvalue weighted by Crippen LogP contribution is 2.13. The van der Waals surface area contributed by atoms with Gasteiger partial charge in [0.2, 0.25) is 5.91 Å². The fraction of sp³-hybridized carbons (Fsp3) is 0.300. The van der Waals surface area contributed by atoms with Gasteiger partial charge in [-0.25, -0.2) is 4.79 Å². The predicted molar refractivity (Wildman–Crippen MR) is 95.8 cm³/mol. The van der Waals surface area contributed by atoms with Crippen LogP contribution in [0.1, 0.15) is 23.6 Å². The van der Waals surface area contributed by atoms with Gasteiger partial charge < -0.3 is 15.2 Å². The average Bonchev–Trinajstić information content (AvgIpc) is 2.61. The molecule has 1 amide bonds. The molecule has 2 rings (SSSR count). The molecule has 0 unspecified atom stereocenters. The van der Waals surface area contributed by atoms with Crippen molar-refractivity contribution in [3.8, 4) is 5.75 Å². The summed E-state index contributed by atoms with van der Waals surface area (Å²) in [4.78, 5) is 22.5. The summed E-state index contributed by atoms with van der Waals surface area (Å²) < 4.78 is 5.08. The number of carboxylic acid groups (broad SMARTS) is 1. The first-order valence-electron chi connectivity index (χ1n) is 8.35. The first-order chi connectivity index (χ1) is 12.1. The molecule has 0 spiro atoms. The van der Waals surface area contributed by atoms with Crippen LogP contribution in [0.4, 0.5) is 0 Å². The molecule has 0 aliphatic heterocycles. The fourth-order valence-corrected chi connectivity index (χ4v) is 2.55. The normalized spacial score (nSPS) is 10.3. The van der Waals surface area contributed by atoms with Crippen LogP contribution in [0.15, 0.2) is 48.5 Å². The van der Waals surface area contributed by atoms with Crippen molar-refractivity contribution in [2.75, 3.05) is 13.2 Å². The van der Waals surface area contributed by atoms with Crippen LogP contribution < -0.4 is 10.1 Å². The zero-order valence-corrected chi connectivity index (χ0v) is 14.3. The highest BCUT2D eigenvalue weighted by Gasteiger charge is 2.06. The van der Waals surface area contributed by atoms with Crippen LogP contribution in [-0.2, 0) is 28.9 Å². The number of hydrogen-bond donors (Lipinski definition) is 2. The van der Waals surface area contributed by atoms with Crippen LogP contribution in [0.5, 0.6) is 5.75 Å². The molecule has 2 aromatic rings. The number of carboxylic acids is 1. The van der Waals surface area contributed by atoms with Crippen molar-refractivity contribution in [1.29, 1.82) is 0 Å². The summed E-state index contributed by atoms with van der Waals surface area (Å²) >= 11 is 0. The van der Waals surface area contributed by atoms with Crippen molar-refractivity contribution in [2.45, 2.75) is 26.2 Å². The third-order valence-electron chi connectivity index (χ3n) is 3.87. The highest BCUT2D eigenvalue weighted by atomic mass is 16.5. The molecule has 0 aliphatic rings. The van der Waals surface area contributed by atoms with Gasteiger partial charge in [0.05, 0.1) is 6.42 Å². The van der Waals surface area contributed by atoms with Gasteiger partial charge in [-0.05, 0) is 41.7 Å². The van der Waals surface area contributed by atoms with E-state index in [1.54, 1.807) is 12.1 Å². The van der Waals surface area contributed by atoms with E-state index in [2.05, 4.69) is 18.3 Å². The third kappa shape index (κ3) is 6.30. The Morgan fingerprint density at radius 3 is 2.36 bits per heavy atom. The topological polar surface area (TPSA) is 75.6 Å². The van der Waals surface area contributed by atoms with Crippen molar-refractivity contribution in [2.24, 2.45) is 0 Å². The summed E-state index contributed by atoms with van der Waals surface area (Å²) in [6.07, 6.45) is 2.02. The summed E-state index contributed by atoms with van der Waals surface area (Å²) in [7, 11) is 0. The number of carbonyl (C=O) groups is 2. The number of aryl methyl sites for hydroxylation is 1. The molecule has 0 saturated heterocycles. The van der Waals surface area contributed by atoms with Crippen molar-refractivity contribution in [3.05, 3.63) is 65.2 Å². The van der Waals surface area contributed by atoms with E-state index in [9.17, 15) is 9.59 Å². The maximum Gasteiger partial charge on any atom is 0.341 e. The molecule has 2 aromatic carbocycles. The number of rotatable bonds is 9. The van der Waals surface area contributed by atoms with Gasteiger partial charge in [0.15, 0.2) is 6.61 Å². The highest BCUT2D eigenvalue weighted by molar-refractivity contribution is 5.78. The molecular weight excluding hydrogens is 318 g/mol. The van der Waals surface area contributed by atoms with Gasteiger partial charge in [-0.1, -0.05) is 43.3 Å². The van der Waals surface area contributed by atoms with Crippen LogP contribution in [0.25, 0.3) is 0 Å². The van der Waals surface area contributed by atoms with E-state index in [-0.39, 0.29) is 12.5 Å². The van der Waals surface area contributed by atoms with Gasteiger partial charge in [0, 0.05) is 6.54 Å². The van der Waals surface area contributed by atoms with E-state index in [4.69, 9.17) is 9.84 Å². The van der Waals surface area contributed by atoms with E-state index in [1.807, 2.05) is 30.3 Å². The number of nitrogens with one attached hydrogen (secondary N) is 1. The zero-order valence-electron chi connectivity index (χ0n) is 14.3. The Hall–Kier alpha value is -2.82. The second-order valence-corrected chi connectivity index (χ2v) is 5.73. The van der Waals surface area contributed by atoms with E-state index >= 15 is 0 Å². The van der Waals surface area contributed by atoms with Crippen LogP contribution in [0.3, 0.4) is 0 Å². The van der Waals surface area contributed by atoms with Gasteiger partial charge in [-0.15, -0.1) is 0 Å². The smallest absolute Gasteiger partial charge is 0.341 e.